The third-order valence-electron chi connectivity index (χ3n) is 3.47. The summed E-state index contributed by atoms with van der Waals surface area (Å²) >= 11 is 0. The predicted molar refractivity (Wildman–Crippen MR) is 103 cm³/mol. The van der Waals surface area contributed by atoms with Gasteiger partial charge in [-0.3, -0.25) is 0 Å². The zero-order valence-electron chi connectivity index (χ0n) is 14.0. The molecule has 2 rings (SSSR count). The monoisotopic (exact) mass is 327 g/mol. The molecule has 0 aliphatic carbocycles. The molecule has 0 spiro atoms. The Labute approximate surface area is 141 Å². The molecule has 0 radical (unpaired) electrons. The first-order chi connectivity index (χ1) is 11.3. The third-order valence-corrected chi connectivity index (χ3v) is 4.33. The van der Waals surface area contributed by atoms with Gasteiger partial charge in [0.1, 0.15) is 0 Å². The number of hydrogen-bond donors (Lipinski definition) is 2. The van der Waals surface area contributed by atoms with Gasteiger partial charge in [-0.2, -0.15) is 0 Å². The number of hydrogen-bond acceptors (Lipinski definition) is 3. The molecule has 0 unspecified atom stereocenters. The zero-order valence-corrected chi connectivity index (χ0v) is 14.9. The van der Waals surface area contributed by atoms with Crippen molar-refractivity contribution in [3.63, 3.8) is 0 Å². The number of anilines is 1. The van der Waals surface area contributed by atoms with E-state index < -0.39 is 0 Å². The summed E-state index contributed by atoms with van der Waals surface area (Å²) in [6.45, 7) is 7.47. The summed E-state index contributed by atoms with van der Waals surface area (Å²) < 4.78 is 4.61. The van der Waals surface area contributed by atoms with Crippen molar-refractivity contribution in [3.05, 3.63) is 54.1 Å². The first kappa shape index (κ1) is 17.7. The van der Waals surface area contributed by atoms with Crippen molar-refractivity contribution in [2.24, 2.45) is 4.74 Å². The van der Waals surface area contributed by atoms with E-state index in [0.717, 1.165) is 45.8 Å². The van der Waals surface area contributed by atoms with Crippen molar-refractivity contribution < 1.29 is 0 Å². The minimum atomic E-state index is 0.993. The minimum absolute atomic E-state index is 0.993. The molecule has 0 atom stereocenters. The summed E-state index contributed by atoms with van der Waals surface area (Å²) in [4.78, 5) is 0. The van der Waals surface area contributed by atoms with Crippen LogP contribution in [0.15, 0.2) is 53.3 Å². The van der Waals surface area contributed by atoms with Crippen LogP contribution in [0.25, 0.3) is 0 Å². The minimum Gasteiger partial charge on any atom is -0.385 e. The van der Waals surface area contributed by atoms with Gasteiger partial charge in [-0.15, -0.1) is 0 Å². The number of rotatable bonds is 9. The van der Waals surface area contributed by atoms with Gasteiger partial charge in [-0.1, -0.05) is 24.6 Å². The van der Waals surface area contributed by atoms with Crippen molar-refractivity contribution >= 4 is 25.1 Å². The summed E-state index contributed by atoms with van der Waals surface area (Å²) in [6.07, 6.45) is 2.33. The Balaban J connectivity index is 1.76. The Bertz CT molecular complexity index is 591. The summed E-state index contributed by atoms with van der Waals surface area (Å²) in [6, 6.07) is 16.8. The van der Waals surface area contributed by atoms with Crippen LogP contribution in [0.2, 0.25) is 0 Å². The zero-order chi connectivity index (χ0) is 16.3. The van der Waals surface area contributed by atoms with E-state index in [2.05, 4.69) is 77.8 Å². The largest absolute Gasteiger partial charge is 0.385 e. The van der Waals surface area contributed by atoms with E-state index >= 15 is 0 Å². The van der Waals surface area contributed by atoms with Crippen LogP contribution in [-0.4, -0.2) is 19.6 Å². The fourth-order valence-corrected chi connectivity index (χ4v) is 2.77. The van der Waals surface area contributed by atoms with Crippen LogP contribution in [0.1, 0.15) is 25.3 Å². The first-order valence-electron chi connectivity index (χ1n) is 8.31. The molecule has 4 heteroatoms. The topological polar surface area (TPSA) is 36.4 Å². The van der Waals surface area contributed by atoms with E-state index in [1.165, 1.54) is 17.3 Å². The lowest BCUT2D eigenvalue weighted by atomic mass is 10.2. The van der Waals surface area contributed by atoms with Crippen molar-refractivity contribution in [2.45, 2.75) is 26.7 Å². The molecular weight excluding hydrogens is 301 g/mol. The molecule has 0 aromatic heterocycles. The van der Waals surface area contributed by atoms with Gasteiger partial charge in [0.05, 0.1) is 5.69 Å². The Morgan fingerprint density at radius 3 is 2.35 bits per heavy atom. The van der Waals surface area contributed by atoms with Crippen molar-refractivity contribution in [3.8, 4) is 0 Å². The molecule has 0 fully saturated rings. The van der Waals surface area contributed by atoms with Gasteiger partial charge in [-0.25, -0.2) is 4.74 Å². The van der Waals surface area contributed by atoms with E-state index in [1.807, 2.05) is 0 Å². The predicted octanol–water partition coefficient (Wildman–Crippen LogP) is 4.88. The van der Waals surface area contributed by atoms with E-state index in [-0.39, 0.29) is 0 Å². The van der Waals surface area contributed by atoms with Gasteiger partial charge in [0.25, 0.3) is 0 Å². The SMILES string of the molecule is CCCNCCCNc1ccc(N=Pc2ccc(C)cc2)cc1. The van der Waals surface area contributed by atoms with Crippen molar-refractivity contribution in [1.82, 2.24) is 5.32 Å². The highest BCUT2D eigenvalue weighted by atomic mass is 31.1. The lowest BCUT2D eigenvalue weighted by Crippen LogP contribution is -2.18. The number of benzene rings is 2. The number of nitrogens with one attached hydrogen (secondary N) is 2. The van der Waals surface area contributed by atoms with Crippen molar-refractivity contribution in [2.75, 3.05) is 25.0 Å². The lowest BCUT2D eigenvalue weighted by Gasteiger charge is -2.07. The van der Waals surface area contributed by atoms with Gasteiger partial charge in [0.15, 0.2) is 0 Å². The fraction of sp³-hybridized carbons (Fsp3) is 0.368. The third kappa shape index (κ3) is 6.94. The van der Waals surface area contributed by atoms with Gasteiger partial charge in [-0.05, 0) is 69.3 Å². The van der Waals surface area contributed by atoms with Gasteiger partial charge >= 0.3 is 0 Å². The Kier molecular flexibility index (Phi) is 7.79. The second kappa shape index (κ2) is 10.1. The molecule has 2 aromatic carbocycles. The van der Waals surface area contributed by atoms with Crippen LogP contribution >= 0.6 is 8.37 Å². The Hall–Kier alpha value is -1.70. The fourth-order valence-electron chi connectivity index (χ4n) is 2.12. The molecule has 2 aromatic rings. The summed E-state index contributed by atoms with van der Waals surface area (Å²) in [5, 5.41) is 8.07. The maximum Gasteiger partial charge on any atom is 0.0681 e. The molecule has 0 aliphatic rings. The second-order valence-electron chi connectivity index (χ2n) is 5.61. The highest BCUT2D eigenvalue weighted by molar-refractivity contribution is 7.37. The smallest absolute Gasteiger partial charge is 0.0681 e. The lowest BCUT2D eigenvalue weighted by molar-refractivity contribution is 0.652. The van der Waals surface area contributed by atoms with Gasteiger partial charge in [0, 0.05) is 25.9 Å². The molecule has 122 valence electrons. The average Bonchev–Trinajstić information content (AvgIpc) is 2.58. The normalized spacial score (nSPS) is 11.0. The maximum atomic E-state index is 4.61. The van der Waals surface area contributed by atoms with Crippen LogP contribution in [0.5, 0.6) is 0 Å². The molecule has 0 saturated heterocycles. The molecule has 0 aliphatic heterocycles. The van der Waals surface area contributed by atoms with E-state index in [9.17, 15) is 0 Å². The Morgan fingerprint density at radius 1 is 0.913 bits per heavy atom. The van der Waals surface area contributed by atoms with Gasteiger partial charge in [0.2, 0.25) is 0 Å². The summed E-state index contributed by atoms with van der Waals surface area (Å²) in [7, 11) is 0.993. The standard InChI is InChI=1S/C19H26N3P/c1-3-13-20-14-4-15-21-17-7-9-18(10-8-17)22-23-19-11-5-16(2)6-12-19/h5-12,20-21H,3-4,13-15H2,1-2H3. The maximum absolute atomic E-state index is 4.61. The molecule has 0 saturated carbocycles. The van der Waals surface area contributed by atoms with Crippen LogP contribution in [0.3, 0.4) is 0 Å². The molecular formula is C19H26N3P. The molecule has 0 amide bonds. The van der Waals surface area contributed by atoms with Crippen LogP contribution in [0, 0.1) is 6.92 Å². The quantitative estimate of drug-likeness (QED) is 0.508. The molecule has 0 heterocycles. The van der Waals surface area contributed by atoms with Gasteiger partial charge < -0.3 is 10.6 Å². The summed E-state index contributed by atoms with van der Waals surface area (Å²) in [5.41, 5.74) is 3.46. The average molecular weight is 327 g/mol. The summed E-state index contributed by atoms with van der Waals surface area (Å²) in [5.74, 6) is 0. The van der Waals surface area contributed by atoms with Crippen molar-refractivity contribution in [1.29, 1.82) is 0 Å². The van der Waals surface area contributed by atoms with E-state index in [4.69, 9.17) is 0 Å². The molecule has 2 N–H and O–H groups in total. The van der Waals surface area contributed by atoms with Crippen LogP contribution in [0.4, 0.5) is 11.4 Å². The van der Waals surface area contributed by atoms with Crippen LogP contribution in [-0.2, 0) is 0 Å². The molecule has 3 nitrogen and oxygen atoms in total. The van der Waals surface area contributed by atoms with E-state index in [0.29, 0.717) is 0 Å². The number of aryl methyl sites for hydroxylation is 1. The molecule has 23 heavy (non-hydrogen) atoms. The number of nitrogens with zero attached hydrogens (tertiary/aromatic N) is 1. The Morgan fingerprint density at radius 2 is 1.65 bits per heavy atom. The van der Waals surface area contributed by atoms with E-state index in [1.54, 1.807) is 0 Å². The first-order valence-corrected chi connectivity index (χ1v) is 9.15. The highest BCUT2D eigenvalue weighted by Crippen LogP contribution is 2.20. The van der Waals surface area contributed by atoms with Crippen LogP contribution < -0.4 is 15.9 Å². The highest BCUT2D eigenvalue weighted by Gasteiger charge is 1.94. The molecule has 0 bridgehead atoms. The second-order valence-corrected chi connectivity index (χ2v) is 6.53.